The lowest BCUT2D eigenvalue weighted by Gasteiger charge is -2.22. The van der Waals surface area contributed by atoms with Crippen LogP contribution in [-0.2, 0) is 19.6 Å². The molecule has 0 fully saturated rings. The molecular formula is C24H24N6O5. The first-order valence-corrected chi connectivity index (χ1v) is 11.2. The van der Waals surface area contributed by atoms with Crippen LogP contribution in [-0.4, -0.2) is 41.7 Å². The maximum atomic E-state index is 10.9. The zero-order chi connectivity index (χ0) is 24.4. The maximum Gasteiger partial charge on any atom is 0.415 e. The van der Waals surface area contributed by atoms with Gasteiger partial charge in [0.1, 0.15) is 36.6 Å². The van der Waals surface area contributed by atoms with Crippen molar-refractivity contribution >= 4 is 5.82 Å². The molecule has 1 aliphatic rings. The number of imidazole rings is 1. The monoisotopic (exact) mass is 476 g/mol. The number of aromatic nitrogens is 5. The summed E-state index contributed by atoms with van der Waals surface area (Å²) in [5.41, 5.74) is 2.14. The summed E-state index contributed by atoms with van der Waals surface area (Å²) < 4.78 is 20.8. The molecule has 0 unspecified atom stereocenters. The second kappa shape index (κ2) is 9.09. The zero-order valence-corrected chi connectivity index (χ0v) is 19.3. The minimum absolute atomic E-state index is 0.224. The van der Waals surface area contributed by atoms with E-state index in [0.29, 0.717) is 24.6 Å². The topological polar surface area (TPSA) is 119 Å². The third-order valence-electron chi connectivity index (χ3n) is 5.66. The summed E-state index contributed by atoms with van der Waals surface area (Å²) in [6, 6.07) is 15.7. The SMILES string of the molecule is CCc1ccc(OCc2cn(-c3ccc(OC[C@@]4(C)Cn5cc([N+](=O)[O-])nc5O4)cc3)nn2)cc1. The zero-order valence-electron chi connectivity index (χ0n) is 19.3. The van der Waals surface area contributed by atoms with Crippen LogP contribution in [0.2, 0.25) is 0 Å². The molecule has 4 aromatic rings. The Balaban J connectivity index is 1.14. The number of rotatable bonds is 9. The highest BCUT2D eigenvalue weighted by Gasteiger charge is 2.41. The van der Waals surface area contributed by atoms with Crippen LogP contribution in [0.5, 0.6) is 17.5 Å². The van der Waals surface area contributed by atoms with Crippen LogP contribution in [0.3, 0.4) is 0 Å². The molecule has 1 atom stereocenters. The summed E-state index contributed by atoms with van der Waals surface area (Å²) in [6.45, 7) is 4.98. The van der Waals surface area contributed by atoms with Gasteiger partial charge in [-0.1, -0.05) is 24.3 Å². The first-order chi connectivity index (χ1) is 16.9. The van der Waals surface area contributed by atoms with E-state index in [9.17, 15) is 10.1 Å². The number of ether oxygens (including phenoxy) is 3. The molecule has 0 amide bonds. The Kier molecular flexibility index (Phi) is 5.81. The van der Waals surface area contributed by atoms with E-state index in [1.807, 2.05) is 49.5 Å². The molecule has 3 heterocycles. The average molecular weight is 476 g/mol. The van der Waals surface area contributed by atoms with Crippen LogP contribution in [0.15, 0.2) is 60.9 Å². The highest BCUT2D eigenvalue weighted by molar-refractivity contribution is 5.37. The van der Waals surface area contributed by atoms with Crippen LogP contribution in [0.25, 0.3) is 5.69 Å². The summed E-state index contributed by atoms with van der Waals surface area (Å²) in [6.07, 6.45) is 4.18. The van der Waals surface area contributed by atoms with E-state index in [2.05, 4.69) is 34.4 Å². The summed E-state index contributed by atoms with van der Waals surface area (Å²) in [5.74, 6) is 1.22. The largest absolute Gasteiger partial charge is 0.489 e. The van der Waals surface area contributed by atoms with Gasteiger partial charge in [-0.05, 0) is 60.2 Å². The number of fused-ring (bicyclic) bond motifs is 1. The Hall–Kier alpha value is -4.41. The van der Waals surface area contributed by atoms with Gasteiger partial charge >= 0.3 is 11.8 Å². The van der Waals surface area contributed by atoms with Gasteiger partial charge in [-0.15, -0.1) is 5.10 Å². The van der Waals surface area contributed by atoms with Gasteiger partial charge in [0.2, 0.25) is 0 Å². The number of hydrogen-bond donors (Lipinski definition) is 0. The number of nitrogens with zero attached hydrogens (tertiary/aromatic N) is 6. The fourth-order valence-corrected chi connectivity index (χ4v) is 3.76. The predicted molar refractivity (Wildman–Crippen MR) is 125 cm³/mol. The van der Waals surface area contributed by atoms with Crippen molar-refractivity contribution in [2.45, 2.75) is 39.0 Å². The lowest BCUT2D eigenvalue weighted by atomic mass is 10.1. The molecule has 2 aromatic heterocycles. The molecule has 11 nitrogen and oxygen atoms in total. The van der Waals surface area contributed by atoms with Gasteiger partial charge in [0, 0.05) is 4.98 Å². The molecule has 2 aromatic carbocycles. The smallest absolute Gasteiger partial charge is 0.415 e. The van der Waals surface area contributed by atoms with E-state index in [0.717, 1.165) is 17.9 Å². The molecule has 0 N–H and O–H groups in total. The van der Waals surface area contributed by atoms with Crippen LogP contribution < -0.4 is 14.2 Å². The van der Waals surface area contributed by atoms with Crippen molar-refractivity contribution in [1.29, 1.82) is 0 Å². The molecule has 0 spiro atoms. The number of hydrogen-bond acceptors (Lipinski definition) is 8. The molecule has 35 heavy (non-hydrogen) atoms. The molecule has 0 saturated carbocycles. The van der Waals surface area contributed by atoms with Gasteiger partial charge in [0.25, 0.3) is 0 Å². The highest BCUT2D eigenvalue weighted by Crippen LogP contribution is 2.31. The van der Waals surface area contributed by atoms with E-state index in [1.54, 1.807) is 9.25 Å². The third kappa shape index (κ3) is 4.93. The minimum atomic E-state index is -0.673. The lowest BCUT2D eigenvalue weighted by Crippen LogP contribution is -2.38. The molecule has 0 bridgehead atoms. The standard InChI is InChI=1S/C24H24N6O5/c1-3-17-4-8-20(9-5-17)33-14-18-12-29(27-26-18)19-6-10-21(11-7-19)34-16-24(2)15-28-13-22(30(31)32)25-23(28)35-24/h4-13H,3,14-16H2,1-2H3/t24-/m1/s1. The van der Waals surface area contributed by atoms with E-state index < -0.39 is 10.5 Å². The summed E-state index contributed by atoms with van der Waals surface area (Å²) in [7, 11) is 0. The first kappa shape index (κ1) is 22.4. The Bertz CT molecular complexity index is 1310. The van der Waals surface area contributed by atoms with Gasteiger partial charge in [0.05, 0.1) is 18.4 Å². The van der Waals surface area contributed by atoms with Crippen molar-refractivity contribution in [3.05, 3.63) is 82.3 Å². The van der Waals surface area contributed by atoms with Crippen molar-refractivity contribution in [3.8, 4) is 23.2 Å². The fraction of sp³-hybridized carbons (Fsp3) is 0.292. The van der Waals surface area contributed by atoms with Gasteiger partial charge in [-0.3, -0.25) is 4.57 Å². The number of benzene rings is 2. The Labute approximate surface area is 201 Å². The van der Waals surface area contributed by atoms with Crippen LogP contribution in [0, 0.1) is 10.1 Å². The minimum Gasteiger partial charge on any atom is -0.489 e. The maximum absolute atomic E-state index is 10.9. The van der Waals surface area contributed by atoms with Gasteiger partial charge in [-0.2, -0.15) is 0 Å². The summed E-state index contributed by atoms with van der Waals surface area (Å²) in [5, 5.41) is 19.2. The fourth-order valence-electron chi connectivity index (χ4n) is 3.76. The Morgan fingerprint density at radius 1 is 1.09 bits per heavy atom. The Morgan fingerprint density at radius 2 is 1.80 bits per heavy atom. The number of nitro groups is 1. The van der Waals surface area contributed by atoms with E-state index in [4.69, 9.17) is 14.2 Å². The third-order valence-corrected chi connectivity index (χ3v) is 5.66. The average Bonchev–Trinajstić information content (AvgIpc) is 3.56. The van der Waals surface area contributed by atoms with E-state index >= 15 is 0 Å². The van der Waals surface area contributed by atoms with Crippen molar-refractivity contribution in [3.63, 3.8) is 0 Å². The van der Waals surface area contributed by atoms with Crippen molar-refractivity contribution in [2.75, 3.05) is 6.61 Å². The van der Waals surface area contributed by atoms with Crippen LogP contribution >= 0.6 is 0 Å². The molecule has 0 radical (unpaired) electrons. The van der Waals surface area contributed by atoms with Crippen molar-refractivity contribution in [1.82, 2.24) is 24.5 Å². The van der Waals surface area contributed by atoms with Crippen molar-refractivity contribution < 1.29 is 19.1 Å². The molecule has 0 saturated heterocycles. The molecule has 5 rings (SSSR count). The second-order valence-electron chi connectivity index (χ2n) is 8.54. The Morgan fingerprint density at radius 3 is 2.49 bits per heavy atom. The van der Waals surface area contributed by atoms with Crippen LogP contribution in [0.1, 0.15) is 25.1 Å². The van der Waals surface area contributed by atoms with Crippen LogP contribution in [0.4, 0.5) is 5.82 Å². The molecular weight excluding hydrogens is 452 g/mol. The quantitative estimate of drug-likeness (QED) is 0.265. The predicted octanol–water partition coefficient (Wildman–Crippen LogP) is 3.74. The normalized spacial score (nSPS) is 16.5. The molecule has 11 heteroatoms. The summed E-state index contributed by atoms with van der Waals surface area (Å²) in [4.78, 5) is 14.2. The molecule has 180 valence electrons. The molecule has 1 aliphatic heterocycles. The van der Waals surface area contributed by atoms with E-state index in [1.165, 1.54) is 11.8 Å². The highest BCUT2D eigenvalue weighted by atomic mass is 16.6. The number of aryl methyl sites for hydroxylation is 1. The van der Waals surface area contributed by atoms with Crippen molar-refractivity contribution in [2.24, 2.45) is 0 Å². The summed E-state index contributed by atoms with van der Waals surface area (Å²) >= 11 is 0. The van der Waals surface area contributed by atoms with Gasteiger partial charge in [-0.25, -0.2) is 4.68 Å². The van der Waals surface area contributed by atoms with E-state index in [-0.39, 0.29) is 18.4 Å². The van der Waals surface area contributed by atoms with Gasteiger partial charge < -0.3 is 24.3 Å². The first-order valence-electron chi connectivity index (χ1n) is 11.2. The van der Waals surface area contributed by atoms with Gasteiger partial charge in [0.15, 0.2) is 5.60 Å². The lowest BCUT2D eigenvalue weighted by molar-refractivity contribution is -0.389. The molecule has 0 aliphatic carbocycles. The second-order valence-corrected chi connectivity index (χ2v) is 8.54.